The van der Waals surface area contributed by atoms with Gasteiger partial charge in [-0.2, -0.15) is 0 Å². The highest BCUT2D eigenvalue weighted by molar-refractivity contribution is 7.80. The maximum Gasteiger partial charge on any atom is 0.0766 e. The van der Waals surface area contributed by atoms with E-state index in [0.717, 1.165) is 23.7 Å². The second kappa shape index (κ2) is 3.46. The molecular weight excluding hydrogens is 144 g/mol. The van der Waals surface area contributed by atoms with Gasteiger partial charge in [-0.05, 0) is 13.3 Å². The molecule has 0 saturated heterocycles. The summed E-state index contributed by atoms with van der Waals surface area (Å²) in [6.07, 6.45) is 4.93. The molecule has 1 aliphatic rings. The molecule has 1 heterocycles. The van der Waals surface area contributed by atoms with Crippen LogP contribution in [0.25, 0.3) is 0 Å². The average molecular weight is 154 g/mol. The first kappa shape index (κ1) is 7.41. The van der Waals surface area contributed by atoms with Crippen molar-refractivity contribution in [3.05, 3.63) is 11.8 Å². The summed E-state index contributed by atoms with van der Waals surface area (Å²) in [4.78, 5) is 4.89. The Bertz CT molecular complexity index is 194. The monoisotopic (exact) mass is 154 g/mol. The summed E-state index contributed by atoms with van der Waals surface area (Å²) in [5.74, 6) is 0. The van der Waals surface area contributed by atoms with Crippen LogP contribution in [0.3, 0.4) is 0 Å². The zero-order valence-corrected chi connectivity index (χ0v) is 6.74. The zero-order valence-electron chi connectivity index (χ0n) is 5.92. The molecule has 0 unspecified atom stereocenters. The van der Waals surface area contributed by atoms with E-state index < -0.39 is 0 Å². The molecule has 1 N–H and O–H groups in total. The third kappa shape index (κ3) is 2.27. The van der Waals surface area contributed by atoms with Crippen LogP contribution in [0.2, 0.25) is 0 Å². The van der Waals surface area contributed by atoms with Crippen molar-refractivity contribution in [1.29, 1.82) is 0 Å². The van der Waals surface area contributed by atoms with Crippen molar-refractivity contribution in [3.8, 4) is 0 Å². The number of nitrogens with zero attached hydrogens (tertiary/aromatic N) is 1. The molecule has 0 aromatic carbocycles. The molecule has 10 heavy (non-hydrogen) atoms. The molecule has 0 spiro atoms. The van der Waals surface area contributed by atoms with Crippen LogP contribution in [-0.2, 0) is 0 Å². The summed E-state index contributed by atoms with van der Waals surface area (Å²) in [6, 6.07) is 0. The molecule has 0 bridgehead atoms. The van der Waals surface area contributed by atoms with Crippen LogP contribution in [-0.4, -0.2) is 17.7 Å². The molecule has 0 aromatic heterocycles. The van der Waals surface area contributed by atoms with Crippen molar-refractivity contribution in [1.82, 2.24) is 5.32 Å². The molecule has 0 amide bonds. The summed E-state index contributed by atoms with van der Waals surface area (Å²) in [5.41, 5.74) is 1.03. The number of aliphatic imine (C=N–C) groups is 1. The van der Waals surface area contributed by atoms with Gasteiger partial charge in [-0.1, -0.05) is 18.3 Å². The topological polar surface area (TPSA) is 24.4 Å². The second-order valence-corrected chi connectivity index (χ2v) is 2.78. The molecule has 1 rings (SSSR count). The minimum atomic E-state index is 0.791. The Morgan fingerprint density at radius 3 is 3.10 bits per heavy atom. The van der Waals surface area contributed by atoms with E-state index in [1.54, 1.807) is 0 Å². The van der Waals surface area contributed by atoms with Crippen LogP contribution in [0.4, 0.5) is 0 Å². The maximum atomic E-state index is 4.86. The summed E-state index contributed by atoms with van der Waals surface area (Å²) >= 11 is 4.86. The molecule has 2 nitrogen and oxygen atoms in total. The minimum absolute atomic E-state index is 0.791. The van der Waals surface area contributed by atoms with Crippen molar-refractivity contribution in [2.24, 2.45) is 4.99 Å². The van der Waals surface area contributed by atoms with Gasteiger partial charge in [-0.25, -0.2) is 0 Å². The van der Waals surface area contributed by atoms with Crippen LogP contribution in [0.5, 0.6) is 0 Å². The standard InChI is InChI=1S/C7H10N2S/c1-6(10)9-7-3-2-4-8-5-7/h3,5H,2,4H2,1H3,(H,9,10). The fourth-order valence-electron chi connectivity index (χ4n) is 0.797. The number of nitrogens with one attached hydrogen (secondary N) is 1. The van der Waals surface area contributed by atoms with Gasteiger partial charge in [0.1, 0.15) is 0 Å². The smallest absolute Gasteiger partial charge is 0.0766 e. The minimum Gasteiger partial charge on any atom is -0.349 e. The summed E-state index contributed by atoms with van der Waals surface area (Å²) in [6.45, 7) is 2.76. The first-order chi connectivity index (χ1) is 4.79. The van der Waals surface area contributed by atoms with Crippen molar-refractivity contribution in [2.75, 3.05) is 6.54 Å². The van der Waals surface area contributed by atoms with Gasteiger partial charge in [-0.15, -0.1) is 0 Å². The van der Waals surface area contributed by atoms with Crippen molar-refractivity contribution in [3.63, 3.8) is 0 Å². The number of hydrogen-bond donors (Lipinski definition) is 1. The summed E-state index contributed by atoms with van der Waals surface area (Å²) < 4.78 is 0. The lowest BCUT2D eigenvalue weighted by atomic mass is 10.3. The lowest BCUT2D eigenvalue weighted by molar-refractivity contribution is 0.971. The van der Waals surface area contributed by atoms with E-state index in [1.807, 2.05) is 13.1 Å². The second-order valence-electron chi connectivity index (χ2n) is 2.16. The van der Waals surface area contributed by atoms with Crippen LogP contribution in [0.15, 0.2) is 16.8 Å². The highest BCUT2D eigenvalue weighted by atomic mass is 32.1. The summed E-state index contributed by atoms with van der Waals surface area (Å²) in [7, 11) is 0. The number of hydrogen-bond acceptors (Lipinski definition) is 2. The number of dihydropyridines is 1. The maximum absolute atomic E-state index is 4.86. The fraction of sp³-hybridized carbons (Fsp3) is 0.429. The van der Waals surface area contributed by atoms with Gasteiger partial charge in [0.05, 0.1) is 10.7 Å². The fourth-order valence-corrected chi connectivity index (χ4v) is 0.915. The van der Waals surface area contributed by atoms with Crippen LogP contribution in [0.1, 0.15) is 13.3 Å². The van der Waals surface area contributed by atoms with Gasteiger partial charge in [0.25, 0.3) is 0 Å². The van der Waals surface area contributed by atoms with Gasteiger partial charge in [0.15, 0.2) is 0 Å². The summed E-state index contributed by atoms with van der Waals surface area (Å²) in [5, 5.41) is 3.02. The molecule has 0 aliphatic carbocycles. The van der Waals surface area contributed by atoms with E-state index in [2.05, 4.69) is 16.4 Å². The SMILES string of the molecule is CC(=S)NC1=CCCN=C1. The Labute approximate surface area is 66.0 Å². The Kier molecular flexibility index (Phi) is 2.57. The van der Waals surface area contributed by atoms with Gasteiger partial charge in [0, 0.05) is 12.8 Å². The van der Waals surface area contributed by atoms with Gasteiger partial charge in [0.2, 0.25) is 0 Å². The number of rotatable bonds is 1. The Balaban J connectivity index is 2.48. The first-order valence-electron chi connectivity index (χ1n) is 3.26. The highest BCUT2D eigenvalue weighted by Gasteiger charge is 1.96. The van der Waals surface area contributed by atoms with Crippen LogP contribution < -0.4 is 5.32 Å². The average Bonchev–Trinajstić information content (AvgIpc) is 1.88. The third-order valence-electron chi connectivity index (χ3n) is 1.17. The van der Waals surface area contributed by atoms with Crippen molar-refractivity contribution in [2.45, 2.75) is 13.3 Å². The lowest BCUT2D eigenvalue weighted by Gasteiger charge is -2.06. The van der Waals surface area contributed by atoms with Crippen LogP contribution in [0, 0.1) is 0 Å². The van der Waals surface area contributed by atoms with Crippen molar-refractivity contribution >= 4 is 23.4 Å². The largest absolute Gasteiger partial charge is 0.349 e. The Morgan fingerprint density at radius 1 is 1.80 bits per heavy atom. The Morgan fingerprint density at radius 2 is 2.60 bits per heavy atom. The van der Waals surface area contributed by atoms with E-state index in [0.29, 0.717) is 0 Å². The van der Waals surface area contributed by atoms with Crippen molar-refractivity contribution < 1.29 is 0 Å². The van der Waals surface area contributed by atoms with E-state index in [-0.39, 0.29) is 0 Å². The molecular formula is C7H10N2S. The van der Waals surface area contributed by atoms with Gasteiger partial charge >= 0.3 is 0 Å². The lowest BCUT2D eigenvalue weighted by Crippen LogP contribution is -2.19. The van der Waals surface area contributed by atoms with Gasteiger partial charge in [-0.3, -0.25) is 4.99 Å². The van der Waals surface area contributed by atoms with Crippen LogP contribution >= 0.6 is 12.2 Å². The molecule has 3 heteroatoms. The molecule has 0 atom stereocenters. The van der Waals surface area contributed by atoms with E-state index in [1.165, 1.54) is 0 Å². The zero-order chi connectivity index (χ0) is 7.40. The molecule has 1 aliphatic heterocycles. The molecule has 0 saturated carbocycles. The Hall–Kier alpha value is -0.700. The van der Waals surface area contributed by atoms with E-state index in [9.17, 15) is 0 Å². The first-order valence-corrected chi connectivity index (χ1v) is 3.67. The highest BCUT2D eigenvalue weighted by Crippen LogP contribution is 1.96. The predicted molar refractivity (Wildman–Crippen MR) is 47.5 cm³/mol. The third-order valence-corrected chi connectivity index (χ3v) is 1.28. The molecule has 0 radical (unpaired) electrons. The molecule has 54 valence electrons. The van der Waals surface area contributed by atoms with Gasteiger partial charge < -0.3 is 5.32 Å². The quantitative estimate of drug-likeness (QED) is 0.575. The molecule has 0 fully saturated rings. The number of thiocarbonyl (C=S) groups is 1. The normalized spacial score (nSPS) is 16.3. The number of allylic oxidation sites excluding steroid dienone is 1. The van der Waals surface area contributed by atoms with E-state index >= 15 is 0 Å². The molecule has 0 aromatic rings. The van der Waals surface area contributed by atoms with E-state index in [4.69, 9.17) is 12.2 Å². The predicted octanol–water partition coefficient (Wildman–Crippen LogP) is 1.28.